The Kier molecular flexibility index (Phi) is 3.49. The van der Waals surface area contributed by atoms with Gasteiger partial charge in [0.2, 0.25) is 0 Å². The fourth-order valence-corrected chi connectivity index (χ4v) is 0.952. The van der Waals surface area contributed by atoms with Gasteiger partial charge in [0.15, 0.2) is 11.6 Å². The molecular weight excluding hydrogens is 206 g/mol. The van der Waals surface area contributed by atoms with Gasteiger partial charge < -0.3 is 4.74 Å². The summed E-state index contributed by atoms with van der Waals surface area (Å²) in [5, 5.41) is 0. The Morgan fingerprint density at radius 3 is 2.47 bits per heavy atom. The van der Waals surface area contributed by atoms with Gasteiger partial charge in [0.1, 0.15) is 0 Å². The van der Waals surface area contributed by atoms with Crippen LogP contribution < -0.4 is 0 Å². The van der Waals surface area contributed by atoms with E-state index >= 15 is 0 Å². The zero-order valence-corrected chi connectivity index (χ0v) is 7.92. The summed E-state index contributed by atoms with van der Waals surface area (Å²) in [4.78, 5) is 22.2. The molecule has 1 aromatic rings. The minimum Gasteiger partial charge on any atom is -0.460 e. The summed E-state index contributed by atoms with van der Waals surface area (Å²) in [7, 11) is 0. The van der Waals surface area contributed by atoms with E-state index in [0.717, 1.165) is 12.1 Å². The first kappa shape index (κ1) is 11.3. The quantitative estimate of drug-likeness (QED) is 0.437. The van der Waals surface area contributed by atoms with Crippen LogP contribution in [0.2, 0.25) is 0 Å². The lowest BCUT2D eigenvalue weighted by Gasteiger charge is -2.01. The second-order valence-electron chi connectivity index (χ2n) is 2.68. The first-order valence-corrected chi connectivity index (χ1v) is 4.22. The topological polar surface area (TPSA) is 43.4 Å². The molecule has 0 bridgehead atoms. The molecule has 1 rings (SSSR count). The third-order valence-corrected chi connectivity index (χ3v) is 1.64. The van der Waals surface area contributed by atoms with Crippen LogP contribution in [0, 0.1) is 11.6 Å². The summed E-state index contributed by atoms with van der Waals surface area (Å²) in [6, 6.07) is 2.47. The van der Waals surface area contributed by atoms with Crippen LogP contribution >= 0.6 is 0 Å². The second-order valence-corrected chi connectivity index (χ2v) is 2.68. The molecule has 0 atom stereocenters. The first-order valence-electron chi connectivity index (χ1n) is 4.22. The van der Waals surface area contributed by atoms with E-state index in [2.05, 4.69) is 4.74 Å². The van der Waals surface area contributed by atoms with Gasteiger partial charge >= 0.3 is 5.97 Å². The second kappa shape index (κ2) is 4.63. The van der Waals surface area contributed by atoms with E-state index in [1.807, 2.05) is 0 Å². The molecule has 0 aliphatic rings. The van der Waals surface area contributed by atoms with Crippen LogP contribution in [0.15, 0.2) is 18.2 Å². The monoisotopic (exact) mass is 214 g/mol. The number of esters is 1. The van der Waals surface area contributed by atoms with Gasteiger partial charge in [-0.1, -0.05) is 0 Å². The number of carbonyl (C=O) groups excluding carboxylic acids is 2. The average Bonchev–Trinajstić information content (AvgIpc) is 2.21. The summed E-state index contributed by atoms with van der Waals surface area (Å²) < 4.78 is 29.6. The highest BCUT2D eigenvalue weighted by molar-refractivity contribution is 6.40. The SMILES string of the molecule is CCOC(=O)C(=O)c1ccc(F)c(F)c1. The molecule has 3 nitrogen and oxygen atoms in total. The molecule has 0 saturated carbocycles. The van der Waals surface area contributed by atoms with Crippen LogP contribution in [-0.4, -0.2) is 18.4 Å². The van der Waals surface area contributed by atoms with Crippen molar-refractivity contribution < 1.29 is 23.1 Å². The molecule has 0 fully saturated rings. The van der Waals surface area contributed by atoms with Crippen molar-refractivity contribution in [2.45, 2.75) is 6.92 Å². The minimum absolute atomic E-state index is 0.0499. The summed E-state index contributed by atoms with van der Waals surface area (Å²) in [5.41, 5.74) is -0.229. The Hall–Kier alpha value is -1.78. The number of ether oxygens (including phenoxy) is 1. The normalized spacial score (nSPS) is 9.80. The van der Waals surface area contributed by atoms with Crippen molar-refractivity contribution in [1.82, 2.24) is 0 Å². The number of benzene rings is 1. The van der Waals surface area contributed by atoms with Crippen molar-refractivity contribution >= 4 is 11.8 Å². The highest BCUT2D eigenvalue weighted by Crippen LogP contribution is 2.09. The predicted octanol–water partition coefficient (Wildman–Crippen LogP) is 1.71. The minimum atomic E-state index is -1.18. The zero-order chi connectivity index (χ0) is 11.4. The fraction of sp³-hybridized carbons (Fsp3) is 0.200. The van der Waals surface area contributed by atoms with Crippen molar-refractivity contribution in [3.8, 4) is 0 Å². The van der Waals surface area contributed by atoms with Crippen LogP contribution in [0.25, 0.3) is 0 Å². The van der Waals surface area contributed by atoms with E-state index in [-0.39, 0.29) is 12.2 Å². The molecule has 0 saturated heterocycles. The Bertz CT molecular complexity index is 402. The van der Waals surface area contributed by atoms with Gasteiger partial charge in [0.25, 0.3) is 5.78 Å². The van der Waals surface area contributed by atoms with Gasteiger partial charge in [-0.05, 0) is 25.1 Å². The summed E-state index contributed by atoms with van der Waals surface area (Å²) in [5.74, 6) is -4.32. The van der Waals surface area contributed by atoms with Crippen molar-refractivity contribution in [2.75, 3.05) is 6.61 Å². The van der Waals surface area contributed by atoms with Gasteiger partial charge in [-0.2, -0.15) is 0 Å². The highest BCUT2D eigenvalue weighted by Gasteiger charge is 2.18. The van der Waals surface area contributed by atoms with Crippen LogP contribution in [-0.2, 0) is 9.53 Å². The summed E-state index contributed by atoms with van der Waals surface area (Å²) in [6.45, 7) is 1.59. The average molecular weight is 214 g/mol. The lowest BCUT2D eigenvalue weighted by atomic mass is 10.1. The molecule has 80 valence electrons. The number of ketones is 1. The van der Waals surface area contributed by atoms with Crippen LogP contribution in [0.3, 0.4) is 0 Å². The van der Waals surface area contributed by atoms with Gasteiger partial charge in [0.05, 0.1) is 6.61 Å². The van der Waals surface area contributed by atoms with E-state index in [1.165, 1.54) is 6.92 Å². The Balaban J connectivity index is 2.92. The smallest absolute Gasteiger partial charge is 0.379 e. The molecule has 0 aliphatic heterocycles. The van der Waals surface area contributed by atoms with Crippen LogP contribution in [0.5, 0.6) is 0 Å². The maximum Gasteiger partial charge on any atom is 0.379 e. The fourth-order valence-electron chi connectivity index (χ4n) is 0.952. The van der Waals surface area contributed by atoms with Crippen molar-refractivity contribution in [1.29, 1.82) is 0 Å². The maximum absolute atomic E-state index is 12.7. The summed E-state index contributed by atoms with van der Waals surface area (Å²) in [6.07, 6.45) is 0. The van der Waals surface area contributed by atoms with Gasteiger partial charge in [-0.25, -0.2) is 13.6 Å². The zero-order valence-electron chi connectivity index (χ0n) is 7.92. The number of hydrogen-bond donors (Lipinski definition) is 0. The van der Waals surface area contributed by atoms with E-state index in [0.29, 0.717) is 6.07 Å². The standard InChI is InChI=1S/C10H8F2O3/c1-2-15-10(14)9(13)6-3-4-7(11)8(12)5-6/h3-5H,2H2,1H3. The molecule has 15 heavy (non-hydrogen) atoms. The lowest BCUT2D eigenvalue weighted by Crippen LogP contribution is -2.17. The van der Waals surface area contributed by atoms with E-state index in [4.69, 9.17) is 0 Å². The van der Waals surface area contributed by atoms with Crippen molar-refractivity contribution in [3.63, 3.8) is 0 Å². The molecule has 0 amide bonds. The maximum atomic E-state index is 12.7. The van der Waals surface area contributed by atoms with Crippen molar-refractivity contribution in [2.24, 2.45) is 0 Å². The van der Waals surface area contributed by atoms with E-state index in [1.54, 1.807) is 0 Å². The molecule has 0 heterocycles. The largest absolute Gasteiger partial charge is 0.460 e. The first-order chi connectivity index (χ1) is 7.06. The Labute approximate surface area is 84.7 Å². The third kappa shape index (κ3) is 2.59. The Morgan fingerprint density at radius 1 is 1.27 bits per heavy atom. The molecule has 0 unspecified atom stereocenters. The number of Topliss-reactive ketones (excluding diaryl/α,β-unsaturated/α-hetero) is 1. The number of rotatable bonds is 3. The van der Waals surface area contributed by atoms with E-state index in [9.17, 15) is 18.4 Å². The molecule has 5 heteroatoms. The van der Waals surface area contributed by atoms with Crippen LogP contribution in [0.1, 0.15) is 17.3 Å². The molecule has 0 aromatic heterocycles. The predicted molar refractivity (Wildman–Crippen MR) is 47.3 cm³/mol. The Morgan fingerprint density at radius 2 is 1.93 bits per heavy atom. The molecule has 0 N–H and O–H groups in total. The molecule has 1 aromatic carbocycles. The summed E-state index contributed by atoms with van der Waals surface area (Å²) >= 11 is 0. The van der Waals surface area contributed by atoms with Crippen molar-refractivity contribution in [3.05, 3.63) is 35.4 Å². The number of halogens is 2. The van der Waals surface area contributed by atoms with Crippen LogP contribution in [0.4, 0.5) is 8.78 Å². The van der Waals surface area contributed by atoms with E-state index < -0.39 is 23.4 Å². The molecule has 0 spiro atoms. The number of hydrogen-bond acceptors (Lipinski definition) is 3. The molecule has 0 radical (unpaired) electrons. The highest BCUT2D eigenvalue weighted by atomic mass is 19.2. The van der Waals surface area contributed by atoms with Gasteiger partial charge in [-0.15, -0.1) is 0 Å². The van der Waals surface area contributed by atoms with Gasteiger partial charge in [-0.3, -0.25) is 4.79 Å². The number of carbonyl (C=O) groups is 2. The van der Waals surface area contributed by atoms with Gasteiger partial charge in [0, 0.05) is 5.56 Å². The molecule has 0 aliphatic carbocycles. The third-order valence-electron chi connectivity index (χ3n) is 1.64. The molecular formula is C10H8F2O3. The lowest BCUT2D eigenvalue weighted by molar-refractivity contribution is -0.137.